The third kappa shape index (κ3) is 5.87. The van der Waals surface area contributed by atoms with Gasteiger partial charge < -0.3 is 15.0 Å². The molecule has 0 saturated carbocycles. The molecule has 0 spiro atoms. The van der Waals surface area contributed by atoms with Crippen LogP contribution in [0.2, 0.25) is 0 Å². The molecule has 0 radical (unpaired) electrons. The number of rotatable bonds is 9. The van der Waals surface area contributed by atoms with Crippen LogP contribution in [-0.4, -0.2) is 33.5 Å². The maximum Gasteiger partial charge on any atom is 0.338 e. The molecule has 0 saturated heterocycles. The highest BCUT2D eigenvalue weighted by Gasteiger charge is 2.42. The molecule has 3 aromatic rings. The molecule has 1 aromatic heterocycles. The Morgan fingerprint density at radius 3 is 2.45 bits per heavy atom. The lowest BCUT2D eigenvalue weighted by atomic mass is 9.90. The van der Waals surface area contributed by atoms with Gasteiger partial charge in [0.25, 0.3) is 0 Å². The summed E-state index contributed by atoms with van der Waals surface area (Å²) in [6.45, 7) is 6.69. The number of aromatic nitrogens is 1. The number of aliphatic imine (C=N–C) groups is 1. The third-order valence-corrected chi connectivity index (χ3v) is 7.69. The molecule has 7 nitrogen and oxygen atoms in total. The lowest BCUT2D eigenvalue weighted by Crippen LogP contribution is -2.38. The highest BCUT2D eigenvalue weighted by atomic mass is 32.2. The van der Waals surface area contributed by atoms with Crippen molar-refractivity contribution < 1.29 is 14.3 Å². The van der Waals surface area contributed by atoms with Crippen molar-refractivity contribution in [3.05, 3.63) is 118 Å². The fraction of sp³-hybridized carbons (Fsp3) is 0.250. The lowest BCUT2D eigenvalue weighted by molar-refractivity contribution is -0.139. The van der Waals surface area contributed by atoms with Gasteiger partial charge in [0.2, 0.25) is 5.91 Å². The largest absolute Gasteiger partial charge is 0.463 e. The maximum atomic E-state index is 13.6. The Kier molecular flexibility index (Phi) is 8.45. The highest BCUT2D eigenvalue weighted by molar-refractivity contribution is 8.16. The molecule has 2 aliphatic rings. The van der Waals surface area contributed by atoms with Crippen molar-refractivity contribution in [2.45, 2.75) is 45.7 Å². The topological polar surface area (TPSA) is 83.9 Å². The predicted octanol–water partition coefficient (Wildman–Crippen LogP) is 6.19. The van der Waals surface area contributed by atoms with Crippen molar-refractivity contribution in [3.8, 4) is 0 Å². The number of amides is 1. The number of hydrogen-bond donors (Lipinski definition) is 1. The van der Waals surface area contributed by atoms with Gasteiger partial charge in [-0.2, -0.15) is 0 Å². The summed E-state index contributed by atoms with van der Waals surface area (Å²) in [6.07, 6.45) is 1.84. The summed E-state index contributed by atoms with van der Waals surface area (Å²) >= 11 is 1.46. The molecule has 0 aliphatic carbocycles. The van der Waals surface area contributed by atoms with Crippen molar-refractivity contribution in [1.82, 2.24) is 15.2 Å². The molecule has 1 atom stereocenters. The van der Waals surface area contributed by atoms with Crippen LogP contribution in [0.1, 0.15) is 61.5 Å². The van der Waals surface area contributed by atoms with Gasteiger partial charge in [-0.3, -0.25) is 9.78 Å². The number of carbonyl (C=O) groups excluding carboxylic acids is 2. The number of nitrogens with one attached hydrogen (secondary N) is 1. The summed E-state index contributed by atoms with van der Waals surface area (Å²) in [6, 6.07) is 23.1. The monoisotopic (exact) mass is 552 g/mol. The molecule has 3 heterocycles. The molecule has 2 aliphatic heterocycles. The highest BCUT2D eigenvalue weighted by Crippen LogP contribution is 2.47. The van der Waals surface area contributed by atoms with E-state index in [1.54, 1.807) is 13.1 Å². The van der Waals surface area contributed by atoms with Crippen LogP contribution in [0.4, 0.5) is 0 Å². The Morgan fingerprint density at radius 1 is 1.02 bits per heavy atom. The molecule has 0 bridgehead atoms. The van der Waals surface area contributed by atoms with E-state index < -0.39 is 12.0 Å². The van der Waals surface area contributed by atoms with Crippen LogP contribution in [0.5, 0.6) is 0 Å². The van der Waals surface area contributed by atoms with Crippen LogP contribution in [-0.2, 0) is 20.9 Å². The van der Waals surface area contributed by atoms with Gasteiger partial charge in [0.05, 0.1) is 42.6 Å². The van der Waals surface area contributed by atoms with E-state index in [0.717, 1.165) is 27.7 Å². The van der Waals surface area contributed by atoms with E-state index in [2.05, 4.69) is 48.4 Å². The zero-order chi connectivity index (χ0) is 28.1. The first kappa shape index (κ1) is 27.4. The molecule has 204 valence electrons. The molecular weight excluding hydrogens is 520 g/mol. The smallest absolute Gasteiger partial charge is 0.338 e. The van der Waals surface area contributed by atoms with E-state index in [-0.39, 0.29) is 18.9 Å². The van der Waals surface area contributed by atoms with Crippen LogP contribution in [0.3, 0.4) is 0 Å². The summed E-state index contributed by atoms with van der Waals surface area (Å²) in [5.74, 6) is -0.181. The number of hydrogen-bond acceptors (Lipinski definition) is 7. The fourth-order valence-electron chi connectivity index (χ4n) is 4.79. The van der Waals surface area contributed by atoms with Gasteiger partial charge in [-0.25, -0.2) is 9.79 Å². The van der Waals surface area contributed by atoms with Gasteiger partial charge in [-0.05, 0) is 41.5 Å². The number of esters is 1. The summed E-state index contributed by atoms with van der Waals surface area (Å²) < 4.78 is 5.59. The van der Waals surface area contributed by atoms with Crippen molar-refractivity contribution in [1.29, 1.82) is 0 Å². The van der Waals surface area contributed by atoms with Gasteiger partial charge in [-0.1, -0.05) is 86.3 Å². The first-order chi connectivity index (χ1) is 19.5. The average molecular weight is 553 g/mol. The predicted molar refractivity (Wildman–Crippen MR) is 159 cm³/mol. The molecule has 1 amide bonds. The zero-order valence-electron chi connectivity index (χ0n) is 22.8. The van der Waals surface area contributed by atoms with Crippen LogP contribution in [0.15, 0.2) is 101 Å². The van der Waals surface area contributed by atoms with Crippen molar-refractivity contribution in [3.63, 3.8) is 0 Å². The fourth-order valence-corrected chi connectivity index (χ4v) is 5.70. The molecule has 0 unspecified atom stereocenters. The van der Waals surface area contributed by atoms with E-state index >= 15 is 0 Å². The molecule has 8 heteroatoms. The molecular formula is C32H32N4O3S. The second-order valence-electron chi connectivity index (χ2n) is 9.84. The molecule has 0 fully saturated rings. The molecule has 2 aromatic carbocycles. The Balaban J connectivity index is 1.54. The van der Waals surface area contributed by atoms with Gasteiger partial charge in [0.1, 0.15) is 0 Å². The third-order valence-electron chi connectivity index (χ3n) is 6.81. The molecule has 40 heavy (non-hydrogen) atoms. The van der Waals surface area contributed by atoms with Crippen LogP contribution in [0.25, 0.3) is 5.70 Å². The van der Waals surface area contributed by atoms with Crippen molar-refractivity contribution >= 4 is 34.5 Å². The van der Waals surface area contributed by atoms with E-state index in [1.807, 2.05) is 58.8 Å². The second kappa shape index (κ2) is 12.3. The van der Waals surface area contributed by atoms with E-state index in [9.17, 15) is 9.59 Å². The summed E-state index contributed by atoms with van der Waals surface area (Å²) in [5, 5.41) is 5.63. The normalized spacial score (nSPS) is 16.4. The Morgan fingerprint density at radius 2 is 1.77 bits per heavy atom. The van der Waals surface area contributed by atoms with Gasteiger partial charge in [0.15, 0.2) is 5.17 Å². The number of nitrogens with zero attached hydrogens (tertiary/aromatic N) is 3. The van der Waals surface area contributed by atoms with Crippen LogP contribution < -0.4 is 5.32 Å². The Hall–Kier alpha value is -4.17. The quantitative estimate of drug-likeness (QED) is 0.319. The minimum atomic E-state index is -0.507. The van der Waals surface area contributed by atoms with Gasteiger partial charge in [-0.15, -0.1) is 0 Å². The summed E-state index contributed by atoms with van der Waals surface area (Å²) in [7, 11) is 0. The zero-order valence-corrected chi connectivity index (χ0v) is 23.7. The number of amidine groups is 1. The minimum Gasteiger partial charge on any atom is -0.463 e. The Bertz CT molecular complexity index is 1470. The van der Waals surface area contributed by atoms with Crippen LogP contribution >= 0.6 is 11.8 Å². The Labute approximate surface area is 239 Å². The van der Waals surface area contributed by atoms with Crippen LogP contribution in [0, 0.1) is 0 Å². The number of fused-ring (bicyclic) bond motifs is 1. The number of thioether (sulfide) groups is 1. The van der Waals surface area contributed by atoms with Gasteiger partial charge in [0, 0.05) is 17.5 Å². The standard InChI is InChI=1S/C32H32N4O3S/c1-4-39-31(38)28-29(23-10-6-5-7-11-23)35-32-36(30(28)24-15-13-22(14-16-24)21(2)3)26(20-40-32)18-27(37)34-19-25-12-8-9-17-33-25/h5-17,20-21,30H,4,18-19H2,1-3H3,(H,34,37)/t30-/m1/s1. The van der Waals surface area contributed by atoms with E-state index in [1.165, 1.54) is 17.3 Å². The second-order valence-corrected chi connectivity index (χ2v) is 10.7. The number of carbonyl (C=O) groups is 2. The average Bonchev–Trinajstić information content (AvgIpc) is 3.38. The van der Waals surface area contributed by atoms with E-state index in [4.69, 9.17) is 9.73 Å². The lowest BCUT2D eigenvalue weighted by Gasteiger charge is -2.37. The van der Waals surface area contributed by atoms with Crippen molar-refractivity contribution in [2.24, 2.45) is 4.99 Å². The minimum absolute atomic E-state index is 0.135. The molecule has 5 rings (SSSR count). The van der Waals surface area contributed by atoms with E-state index in [0.29, 0.717) is 23.7 Å². The van der Waals surface area contributed by atoms with Gasteiger partial charge >= 0.3 is 5.97 Å². The first-order valence-electron chi connectivity index (χ1n) is 13.4. The van der Waals surface area contributed by atoms with Crippen molar-refractivity contribution in [2.75, 3.05) is 6.61 Å². The SMILES string of the molecule is CCOC(=O)C1=C(c2ccccc2)N=C2SC=C(CC(=O)NCc3ccccn3)N2[C@@H]1c1ccc(C(C)C)cc1. The molecule has 1 N–H and O–H groups in total. The number of ether oxygens (including phenoxy) is 1. The number of pyridine rings is 1. The first-order valence-corrected chi connectivity index (χ1v) is 14.3. The summed E-state index contributed by atoms with van der Waals surface area (Å²) in [5.41, 5.74) is 5.57. The summed E-state index contributed by atoms with van der Waals surface area (Å²) in [4.78, 5) is 37.9. The maximum absolute atomic E-state index is 13.6. The number of benzene rings is 2.